The molecule has 2 N–H and O–H groups in total. The minimum Gasteiger partial charge on any atom is -0.452 e. The third-order valence-corrected chi connectivity index (χ3v) is 6.50. The van der Waals surface area contributed by atoms with Gasteiger partial charge in [-0.2, -0.15) is 0 Å². The number of ether oxygens (including phenoxy) is 1. The number of esters is 1. The van der Waals surface area contributed by atoms with Crippen LogP contribution >= 0.6 is 0 Å². The van der Waals surface area contributed by atoms with Crippen LogP contribution in [0.1, 0.15) is 22.3 Å². The van der Waals surface area contributed by atoms with Gasteiger partial charge in [-0.25, -0.2) is 13.2 Å². The summed E-state index contributed by atoms with van der Waals surface area (Å²) < 4.78 is 28.9. The number of hydrogen-bond donors (Lipinski definition) is 1. The van der Waals surface area contributed by atoms with Crippen molar-refractivity contribution in [2.24, 2.45) is 0 Å². The maximum absolute atomic E-state index is 12.9. The van der Waals surface area contributed by atoms with Crippen molar-refractivity contribution in [3.05, 3.63) is 59.7 Å². The summed E-state index contributed by atoms with van der Waals surface area (Å²) in [7, 11) is -3.18. The number of carbonyl (C=O) groups is 2. The molecule has 0 unspecified atom stereocenters. The SMILES string of the molecule is Cc1cccc(C(=O)OCC(=O)N(c2ccccc2)[C@H]2CCS(=O)(=O)C2)c1N. The number of carbonyl (C=O) groups excluding carboxylic acids is 2. The fourth-order valence-electron chi connectivity index (χ4n) is 3.26. The number of nitrogens with zero attached hydrogens (tertiary/aromatic N) is 1. The molecule has 0 radical (unpaired) electrons. The van der Waals surface area contributed by atoms with Crippen molar-refractivity contribution in [2.75, 3.05) is 28.7 Å². The Balaban J connectivity index is 1.77. The minimum atomic E-state index is -3.18. The first-order valence-electron chi connectivity index (χ1n) is 8.88. The van der Waals surface area contributed by atoms with E-state index in [2.05, 4.69) is 0 Å². The highest BCUT2D eigenvalue weighted by molar-refractivity contribution is 7.91. The second-order valence-electron chi connectivity index (χ2n) is 6.77. The maximum atomic E-state index is 12.9. The first kappa shape index (κ1) is 19.9. The van der Waals surface area contributed by atoms with Gasteiger partial charge in [0.15, 0.2) is 16.4 Å². The third kappa shape index (κ3) is 4.33. The Kier molecular flexibility index (Phi) is 5.69. The zero-order chi connectivity index (χ0) is 20.3. The Hall–Kier alpha value is -2.87. The van der Waals surface area contributed by atoms with E-state index in [1.54, 1.807) is 49.4 Å². The number of amides is 1. The molecule has 28 heavy (non-hydrogen) atoms. The molecule has 1 atom stereocenters. The molecular formula is C20H22N2O5S. The van der Waals surface area contributed by atoms with Gasteiger partial charge in [0.25, 0.3) is 5.91 Å². The van der Waals surface area contributed by atoms with Crippen molar-refractivity contribution < 1.29 is 22.7 Å². The molecule has 2 aromatic rings. The predicted octanol–water partition coefficient (Wildman–Crippen LogP) is 1.95. The number of sulfone groups is 1. The lowest BCUT2D eigenvalue weighted by molar-refractivity contribution is -0.122. The molecule has 8 heteroatoms. The summed E-state index contributed by atoms with van der Waals surface area (Å²) in [6, 6.07) is 13.3. The molecule has 1 heterocycles. The third-order valence-electron chi connectivity index (χ3n) is 4.75. The fraction of sp³-hybridized carbons (Fsp3) is 0.300. The summed E-state index contributed by atoms with van der Waals surface area (Å²) in [5.74, 6) is -1.24. The van der Waals surface area contributed by atoms with Crippen LogP contribution in [0.25, 0.3) is 0 Å². The topological polar surface area (TPSA) is 107 Å². The van der Waals surface area contributed by atoms with Crippen LogP contribution in [0, 0.1) is 6.92 Å². The normalized spacial score (nSPS) is 17.8. The smallest absolute Gasteiger partial charge is 0.340 e. The van der Waals surface area contributed by atoms with E-state index in [0.717, 1.165) is 5.56 Å². The van der Waals surface area contributed by atoms with Crippen LogP contribution in [0.4, 0.5) is 11.4 Å². The molecule has 7 nitrogen and oxygen atoms in total. The Bertz CT molecular complexity index is 989. The van der Waals surface area contributed by atoms with Crippen LogP contribution in [-0.2, 0) is 19.4 Å². The highest BCUT2D eigenvalue weighted by Gasteiger charge is 2.35. The average Bonchev–Trinajstić information content (AvgIpc) is 3.02. The lowest BCUT2D eigenvalue weighted by atomic mass is 10.1. The molecule has 1 saturated heterocycles. The van der Waals surface area contributed by atoms with Gasteiger partial charge >= 0.3 is 5.97 Å². The molecular weight excluding hydrogens is 380 g/mol. The van der Waals surface area contributed by atoms with E-state index >= 15 is 0 Å². The summed E-state index contributed by atoms with van der Waals surface area (Å²) in [6.07, 6.45) is 0.349. The molecule has 0 saturated carbocycles. The Morgan fingerprint density at radius 3 is 2.50 bits per heavy atom. The number of nitrogens with two attached hydrogens (primary N) is 1. The van der Waals surface area contributed by atoms with E-state index in [1.807, 2.05) is 0 Å². The molecule has 0 aliphatic carbocycles. The quantitative estimate of drug-likeness (QED) is 0.605. The molecule has 1 aliphatic rings. The van der Waals surface area contributed by atoms with Crippen LogP contribution in [0.5, 0.6) is 0 Å². The lowest BCUT2D eigenvalue weighted by Gasteiger charge is -2.28. The summed E-state index contributed by atoms with van der Waals surface area (Å²) in [5.41, 5.74) is 7.72. The second-order valence-corrected chi connectivity index (χ2v) is 9.00. The first-order chi connectivity index (χ1) is 13.3. The maximum Gasteiger partial charge on any atom is 0.340 e. The van der Waals surface area contributed by atoms with Gasteiger partial charge < -0.3 is 15.4 Å². The van der Waals surface area contributed by atoms with E-state index in [4.69, 9.17) is 10.5 Å². The van der Waals surface area contributed by atoms with Crippen molar-refractivity contribution >= 4 is 33.1 Å². The zero-order valence-electron chi connectivity index (χ0n) is 15.5. The lowest BCUT2D eigenvalue weighted by Crippen LogP contribution is -2.43. The van der Waals surface area contributed by atoms with Crippen LogP contribution in [-0.4, -0.2) is 44.4 Å². The van der Waals surface area contributed by atoms with Gasteiger partial charge in [0.2, 0.25) is 0 Å². The molecule has 148 valence electrons. The number of anilines is 2. The van der Waals surface area contributed by atoms with Gasteiger partial charge in [0.1, 0.15) is 0 Å². The van der Waals surface area contributed by atoms with E-state index in [-0.39, 0.29) is 17.1 Å². The fourth-order valence-corrected chi connectivity index (χ4v) is 4.96. The Labute approximate surface area is 164 Å². The van der Waals surface area contributed by atoms with Crippen LogP contribution in [0.3, 0.4) is 0 Å². The number of nitrogen functional groups attached to an aromatic ring is 1. The highest BCUT2D eigenvalue weighted by atomic mass is 32.2. The summed E-state index contributed by atoms with van der Waals surface area (Å²) in [6.45, 7) is 1.27. The van der Waals surface area contributed by atoms with E-state index in [0.29, 0.717) is 17.8 Å². The highest BCUT2D eigenvalue weighted by Crippen LogP contribution is 2.25. The van der Waals surface area contributed by atoms with Crippen molar-refractivity contribution in [1.29, 1.82) is 0 Å². The molecule has 3 rings (SSSR count). The van der Waals surface area contributed by atoms with E-state index in [9.17, 15) is 18.0 Å². The molecule has 1 amide bonds. The molecule has 1 fully saturated rings. The van der Waals surface area contributed by atoms with E-state index < -0.39 is 34.4 Å². The van der Waals surface area contributed by atoms with Crippen LogP contribution in [0.2, 0.25) is 0 Å². The number of aryl methyl sites for hydroxylation is 1. The van der Waals surface area contributed by atoms with E-state index in [1.165, 1.54) is 11.0 Å². The van der Waals surface area contributed by atoms with Crippen molar-refractivity contribution in [2.45, 2.75) is 19.4 Å². The van der Waals surface area contributed by atoms with Gasteiger partial charge in [0.05, 0.1) is 23.1 Å². The number of para-hydroxylation sites is 2. The monoisotopic (exact) mass is 402 g/mol. The van der Waals surface area contributed by atoms with Crippen LogP contribution < -0.4 is 10.6 Å². The number of hydrogen-bond acceptors (Lipinski definition) is 6. The van der Waals surface area contributed by atoms with Crippen LogP contribution in [0.15, 0.2) is 48.5 Å². The van der Waals surface area contributed by atoms with Gasteiger partial charge in [-0.1, -0.05) is 30.3 Å². The Morgan fingerprint density at radius 2 is 1.86 bits per heavy atom. The molecule has 0 aromatic heterocycles. The van der Waals surface area contributed by atoms with Gasteiger partial charge in [0, 0.05) is 11.4 Å². The Morgan fingerprint density at radius 1 is 1.14 bits per heavy atom. The molecule has 1 aliphatic heterocycles. The summed E-state index contributed by atoms with van der Waals surface area (Å²) in [4.78, 5) is 26.6. The summed E-state index contributed by atoms with van der Waals surface area (Å²) in [5, 5.41) is 0. The molecule has 2 aromatic carbocycles. The standard InChI is InChI=1S/C20H22N2O5S/c1-14-6-5-9-17(19(14)21)20(24)27-12-18(23)22(15-7-3-2-4-8-15)16-10-11-28(25,26)13-16/h2-9,16H,10-13,21H2,1H3/t16-/m0/s1. The average molecular weight is 402 g/mol. The van der Waals surface area contributed by atoms with Gasteiger partial charge in [-0.05, 0) is 37.1 Å². The number of rotatable bonds is 5. The summed E-state index contributed by atoms with van der Waals surface area (Å²) >= 11 is 0. The van der Waals surface area contributed by atoms with Crippen molar-refractivity contribution in [3.63, 3.8) is 0 Å². The molecule has 0 bridgehead atoms. The van der Waals surface area contributed by atoms with Gasteiger partial charge in [-0.3, -0.25) is 4.79 Å². The largest absolute Gasteiger partial charge is 0.452 e. The van der Waals surface area contributed by atoms with Crippen molar-refractivity contribution in [3.8, 4) is 0 Å². The molecule has 0 spiro atoms. The second kappa shape index (κ2) is 8.02. The van der Waals surface area contributed by atoms with Gasteiger partial charge in [-0.15, -0.1) is 0 Å². The first-order valence-corrected chi connectivity index (χ1v) is 10.7. The minimum absolute atomic E-state index is 0.0356. The predicted molar refractivity (Wildman–Crippen MR) is 107 cm³/mol. The van der Waals surface area contributed by atoms with Crippen molar-refractivity contribution in [1.82, 2.24) is 0 Å². The zero-order valence-corrected chi connectivity index (χ0v) is 16.3. The number of benzene rings is 2.